The summed E-state index contributed by atoms with van der Waals surface area (Å²) in [6.07, 6.45) is 2.31. The maximum absolute atomic E-state index is 11.8. The monoisotopic (exact) mass is 299 g/mol. The Morgan fingerprint density at radius 2 is 1.95 bits per heavy atom. The van der Waals surface area contributed by atoms with Crippen LogP contribution in [-0.4, -0.2) is 54.1 Å². The number of carbonyl (C=O) groups excluding carboxylic acids is 2. The molecule has 7 heteroatoms. The van der Waals surface area contributed by atoms with E-state index in [-0.39, 0.29) is 24.4 Å². The van der Waals surface area contributed by atoms with Crippen LogP contribution in [0.25, 0.3) is 0 Å². The van der Waals surface area contributed by atoms with E-state index in [0.717, 1.165) is 12.8 Å². The van der Waals surface area contributed by atoms with Crippen molar-refractivity contribution in [2.75, 3.05) is 26.2 Å². The molecule has 0 radical (unpaired) electrons. The number of amides is 3. The van der Waals surface area contributed by atoms with Crippen molar-refractivity contribution in [3.63, 3.8) is 0 Å². The second-order valence-corrected chi connectivity index (χ2v) is 5.48. The van der Waals surface area contributed by atoms with Gasteiger partial charge in [0.1, 0.15) is 0 Å². The Kier molecular flexibility index (Phi) is 6.98. The molecule has 2 atom stereocenters. The standard InChI is InChI=1S/C14H25N3O4/c1-3-4-10(2)12(18)15-6-7-16-14(21)17-8-5-11(9-17)13(19)20/h10-11H,3-9H2,1-2H3,(H,15,18)(H,16,21)(H,19,20). The molecule has 1 heterocycles. The van der Waals surface area contributed by atoms with Gasteiger partial charge in [-0.2, -0.15) is 0 Å². The molecule has 3 amide bonds. The quantitative estimate of drug-likeness (QED) is 0.601. The van der Waals surface area contributed by atoms with Crippen LogP contribution >= 0.6 is 0 Å². The van der Waals surface area contributed by atoms with E-state index < -0.39 is 11.9 Å². The number of rotatable bonds is 7. The van der Waals surface area contributed by atoms with Crippen LogP contribution in [0, 0.1) is 11.8 Å². The molecule has 0 aliphatic carbocycles. The first kappa shape index (κ1) is 17.3. The van der Waals surface area contributed by atoms with Crippen molar-refractivity contribution in [3.8, 4) is 0 Å². The average molecular weight is 299 g/mol. The molecule has 1 aliphatic heterocycles. The van der Waals surface area contributed by atoms with Gasteiger partial charge in [-0.1, -0.05) is 20.3 Å². The molecule has 120 valence electrons. The summed E-state index contributed by atoms with van der Waals surface area (Å²) in [7, 11) is 0. The van der Waals surface area contributed by atoms with Crippen LogP contribution in [0.15, 0.2) is 0 Å². The molecule has 1 rings (SSSR count). The number of nitrogens with zero attached hydrogens (tertiary/aromatic N) is 1. The minimum Gasteiger partial charge on any atom is -0.481 e. The summed E-state index contributed by atoms with van der Waals surface area (Å²) in [5.41, 5.74) is 0. The molecule has 1 aliphatic rings. The molecule has 7 nitrogen and oxygen atoms in total. The molecule has 0 bridgehead atoms. The molecule has 0 saturated carbocycles. The number of hydrogen-bond acceptors (Lipinski definition) is 3. The van der Waals surface area contributed by atoms with Gasteiger partial charge in [-0.15, -0.1) is 0 Å². The molecule has 0 aromatic carbocycles. The van der Waals surface area contributed by atoms with E-state index in [9.17, 15) is 14.4 Å². The lowest BCUT2D eigenvalue weighted by molar-refractivity contribution is -0.141. The SMILES string of the molecule is CCCC(C)C(=O)NCCNC(=O)N1CCC(C(=O)O)C1. The highest BCUT2D eigenvalue weighted by Gasteiger charge is 2.30. The summed E-state index contributed by atoms with van der Waals surface area (Å²) < 4.78 is 0. The molecule has 2 unspecified atom stereocenters. The molecule has 1 saturated heterocycles. The van der Waals surface area contributed by atoms with E-state index in [0.29, 0.717) is 26.1 Å². The Bertz CT molecular complexity index is 386. The number of carboxylic acids is 1. The Morgan fingerprint density at radius 1 is 1.29 bits per heavy atom. The number of aliphatic carboxylic acids is 1. The molecule has 21 heavy (non-hydrogen) atoms. The van der Waals surface area contributed by atoms with Crippen LogP contribution in [0.3, 0.4) is 0 Å². The molecule has 0 aromatic heterocycles. The van der Waals surface area contributed by atoms with Gasteiger partial charge < -0.3 is 20.6 Å². The predicted octanol–water partition coefficient (Wildman–Crippen LogP) is 0.655. The highest BCUT2D eigenvalue weighted by molar-refractivity contribution is 5.79. The first-order chi connectivity index (χ1) is 9.95. The van der Waals surface area contributed by atoms with Crippen molar-refractivity contribution in [3.05, 3.63) is 0 Å². The Hall–Kier alpha value is -1.79. The van der Waals surface area contributed by atoms with Crippen LogP contribution in [0.1, 0.15) is 33.1 Å². The van der Waals surface area contributed by atoms with Crippen LogP contribution in [0.5, 0.6) is 0 Å². The number of nitrogens with one attached hydrogen (secondary N) is 2. The first-order valence-electron chi connectivity index (χ1n) is 7.49. The number of likely N-dealkylation sites (tertiary alicyclic amines) is 1. The van der Waals surface area contributed by atoms with E-state index >= 15 is 0 Å². The fourth-order valence-electron chi connectivity index (χ4n) is 2.35. The molecule has 0 aromatic rings. The van der Waals surface area contributed by atoms with Crippen LogP contribution in [-0.2, 0) is 9.59 Å². The topological polar surface area (TPSA) is 98.7 Å². The summed E-state index contributed by atoms with van der Waals surface area (Å²) >= 11 is 0. The molecule has 0 spiro atoms. The third-order valence-electron chi connectivity index (χ3n) is 3.69. The van der Waals surface area contributed by atoms with Gasteiger partial charge in [-0.25, -0.2) is 4.79 Å². The normalized spacial score (nSPS) is 19.1. The van der Waals surface area contributed by atoms with Crippen LogP contribution in [0.2, 0.25) is 0 Å². The van der Waals surface area contributed by atoms with Gasteiger partial charge >= 0.3 is 12.0 Å². The van der Waals surface area contributed by atoms with Crippen molar-refractivity contribution in [1.29, 1.82) is 0 Å². The molecular formula is C14H25N3O4. The number of hydrogen-bond donors (Lipinski definition) is 3. The summed E-state index contributed by atoms with van der Waals surface area (Å²) in [6.45, 7) is 5.36. The maximum Gasteiger partial charge on any atom is 0.317 e. The Balaban J connectivity index is 2.17. The summed E-state index contributed by atoms with van der Waals surface area (Å²) in [6, 6.07) is -0.269. The van der Waals surface area contributed by atoms with Crippen molar-refractivity contribution in [2.24, 2.45) is 11.8 Å². The zero-order valence-corrected chi connectivity index (χ0v) is 12.7. The van der Waals surface area contributed by atoms with Gasteiger partial charge in [0.2, 0.25) is 5.91 Å². The summed E-state index contributed by atoms with van der Waals surface area (Å²) in [5.74, 6) is -1.34. The van der Waals surface area contributed by atoms with Crippen molar-refractivity contribution in [1.82, 2.24) is 15.5 Å². The van der Waals surface area contributed by atoms with Gasteiger partial charge in [0.05, 0.1) is 5.92 Å². The minimum absolute atomic E-state index is 0.00165. The van der Waals surface area contributed by atoms with Crippen LogP contribution in [0.4, 0.5) is 4.79 Å². The maximum atomic E-state index is 11.8. The molecular weight excluding hydrogens is 274 g/mol. The second-order valence-electron chi connectivity index (χ2n) is 5.48. The van der Waals surface area contributed by atoms with Crippen molar-refractivity contribution >= 4 is 17.9 Å². The average Bonchev–Trinajstić information content (AvgIpc) is 2.93. The van der Waals surface area contributed by atoms with Crippen molar-refractivity contribution in [2.45, 2.75) is 33.1 Å². The fraction of sp³-hybridized carbons (Fsp3) is 0.786. The van der Waals surface area contributed by atoms with Crippen molar-refractivity contribution < 1.29 is 19.5 Å². The van der Waals surface area contributed by atoms with Gasteiger partial charge in [0, 0.05) is 32.1 Å². The zero-order valence-electron chi connectivity index (χ0n) is 12.7. The fourth-order valence-corrected chi connectivity index (χ4v) is 2.35. The Morgan fingerprint density at radius 3 is 2.52 bits per heavy atom. The zero-order chi connectivity index (χ0) is 15.8. The van der Waals surface area contributed by atoms with E-state index in [2.05, 4.69) is 10.6 Å². The van der Waals surface area contributed by atoms with Gasteiger partial charge in [-0.05, 0) is 12.8 Å². The highest BCUT2D eigenvalue weighted by Crippen LogP contribution is 2.15. The van der Waals surface area contributed by atoms with Crippen LogP contribution < -0.4 is 10.6 Å². The van der Waals surface area contributed by atoms with E-state index in [1.165, 1.54) is 4.90 Å². The number of carboxylic acid groups (broad SMARTS) is 1. The van der Waals surface area contributed by atoms with E-state index in [1.54, 1.807) is 0 Å². The van der Waals surface area contributed by atoms with E-state index in [4.69, 9.17) is 5.11 Å². The number of carbonyl (C=O) groups is 3. The largest absolute Gasteiger partial charge is 0.481 e. The smallest absolute Gasteiger partial charge is 0.317 e. The van der Waals surface area contributed by atoms with Gasteiger partial charge in [0.15, 0.2) is 0 Å². The molecule has 3 N–H and O–H groups in total. The van der Waals surface area contributed by atoms with E-state index in [1.807, 2.05) is 13.8 Å². The third kappa shape index (κ3) is 5.61. The Labute approximate surface area is 125 Å². The lowest BCUT2D eigenvalue weighted by Gasteiger charge is -2.17. The van der Waals surface area contributed by atoms with Gasteiger partial charge in [-0.3, -0.25) is 9.59 Å². The molecule has 1 fully saturated rings. The lowest BCUT2D eigenvalue weighted by atomic mass is 10.1. The predicted molar refractivity (Wildman–Crippen MR) is 77.8 cm³/mol. The lowest BCUT2D eigenvalue weighted by Crippen LogP contribution is -2.43. The summed E-state index contributed by atoms with van der Waals surface area (Å²) in [4.78, 5) is 35.8. The summed E-state index contributed by atoms with van der Waals surface area (Å²) in [5, 5.41) is 14.3. The van der Waals surface area contributed by atoms with Gasteiger partial charge in [0.25, 0.3) is 0 Å². The minimum atomic E-state index is -0.859. The second kappa shape index (κ2) is 8.49. The number of urea groups is 1. The first-order valence-corrected chi connectivity index (χ1v) is 7.49. The highest BCUT2D eigenvalue weighted by atomic mass is 16.4. The third-order valence-corrected chi connectivity index (χ3v) is 3.69.